The highest BCUT2D eigenvalue weighted by Gasteiger charge is 2.08. The molecule has 0 unspecified atom stereocenters. The third-order valence-corrected chi connectivity index (χ3v) is 2.45. The lowest BCUT2D eigenvalue weighted by Crippen LogP contribution is -1.79. The molecular weight excluding hydrogens is 244 g/mol. The summed E-state index contributed by atoms with van der Waals surface area (Å²) < 4.78 is 0. The highest BCUT2D eigenvalue weighted by atomic mass is 35.5. The molecule has 84 valence electrons. The number of rotatable bonds is 1. The minimum atomic E-state index is -0.117. The van der Waals surface area contributed by atoms with Crippen LogP contribution in [0.3, 0.4) is 0 Å². The van der Waals surface area contributed by atoms with Crippen molar-refractivity contribution in [2.45, 2.75) is 0 Å². The molecule has 2 aromatic carbocycles. The van der Waals surface area contributed by atoms with E-state index >= 15 is 0 Å². The maximum atomic E-state index is 9.65. The molecule has 0 aliphatic rings. The van der Waals surface area contributed by atoms with Gasteiger partial charge in [-0.25, -0.2) is 0 Å². The second-order valence-corrected chi connectivity index (χ2v) is 3.59. The smallest absolute Gasteiger partial charge is 0.137 e. The highest BCUT2D eigenvalue weighted by Crippen LogP contribution is 2.36. The van der Waals surface area contributed by atoms with Crippen LogP contribution in [0.1, 0.15) is 0 Å². The van der Waals surface area contributed by atoms with E-state index in [0.29, 0.717) is 5.56 Å². The van der Waals surface area contributed by atoms with E-state index < -0.39 is 0 Å². The standard InChI is InChI=1S/C12H9ClO2.H2S/c13-10-6-9(11(14)7-12(10)15)8-4-2-1-3-5-8;/h1-7,14-15H;1H2. The second kappa shape index (κ2) is 5.14. The van der Waals surface area contributed by atoms with Crippen molar-refractivity contribution < 1.29 is 10.2 Å². The van der Waals surface area contributed by atoms with Crippen LogP contribution in [-0.4, -0.2) is 10.2 Å². The molecule has 0 aliphatic heterocycles. The van der Waals surface area contributed by atoms with Crippen molar-refractivity contribution in [3.63, 3.8) is 0 Å². The Morgan fingerprint density at radius 3 is 2.12 bits per heavy atom. The van der Waals surface area contributed by atoms with Crippen LogP contribution in [0, 0.1) is 0 Å². The van der Waals surface area contributed by atoms with Gasteiger partial charge in [0.05, 0.1) is 5.02 Å². The summed E-state index contributed by atoms with van der Waals surface area (Å²) in [4.78, 5) is 0. The van der Waals surface area contributed by atoms with Gasteiger partial charge in [0.2, 0.25) is 0 Å². The summed E-state index contributed by atoms with van der Waals surface area (Å²) in [6.07, 6.45) is 0. The van der Waals surface area contributed by atoms with Gasteiger partial charge in [-0.15, -0.1) is 0 Å². The Morgan fingerprint density at radius 1 is 0.875 bits per heavy atom. The van der Waals surface area contributed by atoms with Crippen LogP contribution in [0.25, 0.3) is 11.1 Å². The molecule has 2 nitrogen and oxygen atoms in total. The number of hydrogen-bond acceptors (Lipinski definition) is 2. The number of benzene rings is 2. The van der Waals surface area contributed by atoms with Crippen molar-refractivity contribution in [2.75, 3.05) is 0 Å². The fraction of sp³-hybridized carbons (Fsp3) is 0. The third-order valence-electron chi connectivity index (χ3n) is 2.15. The van der Waals surface area contributed by atoms with Crippen LogP contribution in [0.15, 0.2) is 42.5 Å². The first kappa shape index (κ1) is 12.7. The SMILES string of the molecule is Oc1cc(O)c(-c2ccccc2)cc1Cl.S. The second-order valence-electron chi connectivity index (χ2n) is 3.19. The van der Waals surface area contributed by atoms with Crippen molar-refractivity contribution in [1.29, 1.82) is 0 Å². The monoisotopic (exact) mass is 254 g/mol. The van der Waals surface area contributed by atoms with Crippen LogP contribution >= 0.6 is 25.1 Å². The van der Waals surface area contributed by atoms with E-state index in [1.54, 1.807) is 6.07 Å². The van der Waals surface area contributed by atoms with Gasteiger partial charge in [0.15, 0.2) is 0 Å². The van der Waals surface area contributed by atoms with Crippen molar-refractivity contribution in [2.24, 2.45) is 0 Å². The molecule has 4 heteroatoms. The number of halogens is 1. The lowest BCUT2D eigenvalue weighted by Gasteiger charge is -2.06. The summed E-state index contributed by atoms with van der Waals surface area (Å²) in [6, 6.07) is 12.1. The van der Waals surface area contributed by atoms with Gasteiger partial charge in [-0.1, -0.05) is 41.9 Å². The molecule has 0 aromatic heterocycles. The Hall–Kier alpha value is -1.32. The van der Waals surface area contributed by atoms with Crippen LogP contribution < -0.4 is 0 Å². The predicted molar refractivity (Wildman–Crippen MR) is 70.6 cm³/mol. The van der Waals surface area contributed by atoms with E-state index in [1.807, 2.05) is 30.3 Å². The average Bonchev–Trinajstić information content (AvgIpc) is 2.25. The van der Waals surface area contributed by atoms with E-state index in [-0.39, 0.29) is 30.0 Å². The highest BCUT2D eigenvalue weighted by molar-refractivity contribution is 7.59. The minimum absolute atomic E-state index is 0. The first-order valence-corrected chi connectivity index (χ1v) is 4.83. The summed E-state index contributed by atoms with van der Waals surface area (Å²) in [6.45, 7) is 0. The number of aromatic hydroxyl groups is 2. The molecule has 0 bridgehead atoms. The van der Waals surface area contributed by atoms with Crippen LogP contribution in [0.5, 0.6) is 11.5 Å². The molecule has 2 N–H and O–H groups in total. The summed E-state index contributed by atoms with van der Waals surface area (Å²) >= 11 is 5.77. The number of phenolic OH excluding ortho intramolecular Hbond substituents is 2. The van der Waals surface area contributed by atoms with Crippen molar-refractivity contribution in [3.8, 4) is 22.6 Å². The summed E-state index contributed by atoms with van der Waals surface area (Å²) in [7, 11) is 0. The Kier molecular flexibility index (Phi) is 4.10. The van der Waals surface area contributed by atoms with E-state index in [4.69, 9.17) is 11.6 Å². The molecule has 0 radical (unpaired) electrons. The predicted octanol–water partition coefficient (Wildman–Crippen LogP) is 3.53. The Bertz CT molecular complexity index is 486. The lowest BCUT2D eigenvalue weighted by atomic mass is 10.0. The average molecular weight is 255 g/mol. The summed E-state index contributed by atoms with van der Waals surface area (Å²) in [5.41, 5.74) is 1.47. The topological polar surface area (TPSA) is 40.5 Å². The van der Waals surface area contributed by atoms with Gasteiger partial charge >= 0.3 is 0 Å². The molecule has 2 rings (SSSR count). The van der Waals surface area contributed by atoms with E-state index in [2.05, 4.69) is 0 Å². The largest absolute Gasteiger partial charge is 0.507 e. The first-order valence-electron chi connectivity index (χ1n) is 4.45. The molecule has 0 atom stereocenters. The summed E-state index contributed by atoms with van der Waals surface area (Å²) in [5, 5.41) is 19.2. The zero-order chi connectivity index (χ0) is 10.8. The molecular formula is C12H11ClO2S. The zero-order valence-electron chi connectivity index (χ0n) is 8.31. The first-order chi connectivity index (χ1) is 7.18. The van der Waals surface area contributed by atoms with Gasteiger partial charge in [-0.3, -0.25) is 0 Å². The van der Waals surface area contributed by atoms with Crippen molar-refractivity contribution in [3.05, 3.63) is 47.5 Å². The van der Waals surface area contributed by atoms with Crippen LogP contribution in [-0.2, 0) is 0 Å². The van der Waals surface area contributed by atoms with Gasteiger partial charge in [0.25, 0.3) is 0 Å². The van der Waals surface area contributed by atoms with Gasteiger partial charge in [-0.05, 0) is 11.6 Å². The fourth-order valence-electron chi connectivity index (χ4n) is 1.40. The minimum Gasteiger partial charge on any atom is -0.507 e. The molecule has 0 saturated heterocycles. The third kappa shape index (κ3) is 2.43. The maximum absolute atomic E-state index is 9.65. The quantitative estimate of drug-likeness (QED) is 0.817. The molecule has 0 aliphatic carbocycles. The molecule has 0 amide bonds. The van der Waals surface area contributed by atoms with Gasteiger partial charge in [0, 0.05) is 11.6 Å². The fourth-order valence-corrected chi connectivity index (χ4v) is 1.56. The van der Waals surface area contributed by atoms with E-state index in [0.717, 1.165) is 5.56 Å². The molecule has 2 aromatic rings. The van der Waals surface area contributed by atoms with Crippen LogP contribution in [0.2, 0.25) is 5.02 Å². The van der Waals surface area contributed by atoms with Crippen LogP contribution in [0.4, 0.5) is 0 Å². The molecule has 0 spiro atoms. The van der Waals surface area contributed by atoms with E-state index in [1.165, 1.54) is 6.07 Å². The Balaban J connectivity index is 0.00000128. The summed E-state index contributed by atoms with van der Waals surface area (Å²) in [5.74, 6) is -0.100. The van der Waals surface area contributed by atoms with Gasteiger partial charge in [-0.2, -0.15) is 13.5 Å². The van der Waals surface area contributed by atoms with E-state index in [9.17, 15) is 10.2 Å². The number of phenols is 2. The Labute approximate surface area is 106 Å². The van der Waals surface area contributed by atoms with Crippen molar-refractivity contribution >= 4 is 25.1 Å². The van der Waals surface area contributed by atoms with Crippen molar-refractivity contribution in [1.82, 2.24) is 0 Å². The van der Waals surface area contributed by atoms with Gasteiger partial charge in [0.1, 0.15) is 11.5 Å². The zero-order valence-corrected chi connectivity index (χ0v) is 10.1. The lowest BCUT2D eigenvalue weighted by molar-refractivity contribution is 0.452. The normalized spacial score (nSPS) is 9.56. The molecule has 16 heavy (non-hydrogen) atoms. The number of hydrogen-bond donors (Lipinski definition) is 2. The molecule has 0 heterocycles. The Morgan fingerprint density at radius 2 is 1.50 bits per heavy atom. The molecule has 0 saturated carbocycles. The molecule has 0 fully saturated rings. The van der Waals surface area contributed by atoms with Gasteiger partial charge < -0.3 is 10.2 Å². The maximum Gasteiger partial charge on any atom is 0.137 e.